The third kappa shape index (κ3) is 4.71. The van der Waals surface area contributed by atoms with Crippen molar-refractivity contribution in [2.45, 2.75) is 39.8 Å². The molecule has 140 valence electrons. The van der Waals surface area contributed by atoms with Crippen LogP contribution in [0.3, 0.4) is 0 Å². The highest BCUT2D eigenvalue weighted by Crippen LogP contribution is 2.19. The van der Waals surface area contributed by atoms with Gasteiger partial charge in [0.25, 0.3) is 5.91 Å². The van der Waals surface area contributed by atoms with Gasteiger partial charge < -0.3 is 15.5 Å². The second kappa shape index (κ2) is 8.47. The number of aromatic nitrogens is 1. The van der Waals surface area contributed by atoms with Crippen LogP contribution in [-0.4, -0.2) is 35.4 Å². The highest BCUT2D eigenvalue weighted by molar-refractivity contribution is 5.94. The van der Waals surface area contributed by atoms with Gasteiger partial charge in [0, 0.05) is 18.7 Å². The SMILES string of the molecule is Cc1nc(CN2CCC(CNC(=O)c3ccc(CN)cc3)CC2)oc1C. The standard InChI is InChI=1S/C20H28N4O2/c1-14-15(2)26-19(23-14)13-24-9-7-17(8-10-24)12-22-20(25)18-5-3-16(11-21)4-6-18/h3-6,17H,7-13,21H2,1-2H3,(H,22,25). The number of nitrogens with two attached hydrogens (primary N) is 1. The smallest absolute Gasteiger partial charge is 0.251 e. The van der Waals surface area contributed by atoms with Gasteiger partial charge >= 0.3 is 0 Å². The van der Waals surface area contributed by atoms with Crippen LogP contribution in [0.25, 0.3) is 0 Å². The van der Waals surface area contributed by atoms with Crippen molar-refractivity contribution in [3.8, 4) is 0 Å². The Balaban J connectivity index is 1.41. The molecular formula is C20H28N4O2. The minimum Gasteiger partial charge on any atom is -0.444 e. The third-order valence-corrected chi connectivity index (χ3v) is 5.14. The van der Waals surface area contributed by atoms with Crippen LogP contribution in [0.2, 0.25) is 0 Å². The Morgan fingerprint density at radius 1 is 1.27 bits per heavy atom. The summed E-state index contributed by atoms with van der Waals surface area (Å²) in [6.07, 6.45) is 2.15. The predicted octanol–water partition coefficient (Wildman–Crippen LogP) is 2.39. The van der Waals surface area contributed by atoms with E-state index >= 15 is 0 Å². The Labute approximate surface area is 154 Å². The number of nitrogens with zero attached hydrogens (tertiary/aromatic N) is 2. The molecule has 1 aromatic carbocycles. The lowest BCUT2D eigenvalue weighted by molar-refractivity contribution is 0.0934. The first-order valence-electron chi connectivity index (χ1n) is 9.27. The van der Waals surface area contributed by atoms with Gasteiger partial charge in [-0.25, -0.2) is 4.98 Å². The van der Waals surface area contributed by atoms with E-state index in [1.807, 2.05) is 38.1 Å². The van der Waals surface area contributed by atoms with Crippen LogP contribution in [0, 0.1) is 19.8 Å². The van der Waals surface area contributed by atoms with E-state index in [4.69, 9.17) is 10.2 Å². The van der Waals surface area contributed by atoms with Crippen LogP contribution in [-0.2, 0) is 13.1 Å². The molecule has 1 aliphatic heterocycles. The molecule has 0 aliphatic carbocycles. The summed E-state index contributed by atoms with van der Waals surface area (Å²) in [7, 11) is 0. The number of piperidine rings is 1. The quantitative estimate of drug-likeness (QED) is 0.830. The summed E-state index contributed by atoms with van der Waals surface area (Å²) in [5, 5.41) is 3.06. The number of carbonyl (C=O) groups is 1. The number of benzene rings is 1. The van der Waals surface area contributed by atoms with Crippen molar-refractivity contribution >= 4 is 5.91 Å². The van der Waals surface area contributed by atoms with E-state index in [-0.39, 0.29) is 5.91 Å². The maximum Gasteiger partial charge on any atom is 0.251 e. The monoisotopic (exact) mass is 356 g/mol. The molecule has 0 bridgehead atoms. The fraction of sp³-hybridized carbons (Fsp3) is 0.500. The fourth-order valence-electron chi connectivity index (χ4n) is 3.28. The van der Waals surface area contributed by atoms with E-state index in [1.54, 1.807) is 0 Å². The second-order valence-electron chi connectivity index (χ2n) is 7.08. The van der Waals surface area contributed by atoms with Gasteiger partial charge in [0.1, 0.15) is 5.76 Å². The van der Waals surface area contributed by atoms with Crippen molar-refractivity contribution in [2.75, 3.05) is 19.6 Å². The molecule has 2 heterocycles. The number of hydrogen-bond acceptors (Lipinski definition) is 5. The van der Waals surface area contributed by atoms with Gasteiger partial charge in [-0.2, -0.15) is 0 Å². The summed E-state index contributed by atoms with van der Waals surface area (Å²) in [6.45, 7) is 7.92. The second-order valence-corrected chi connectivity index (χ2v) is 7.08. The van der Waals surface area contributed by atoms with Gasteiger partial charge in [0.05, 0.1) is 12.2 Å². The third-order valence-electron chi connectivity index (χ3n) is 5.14. The van der Waals surface area contributed by atoms with Crippen LogP contribution in [0.1, 0.15) is 46.1 Å². The average Bonchev–Trinajstić information content (AvgIpc) is 2.98. The number of hydrogen-bond donors (Lipinski definition) is 2. The van der Waals surface area contributed by atoms with E-state index in [9.17, 15) is 4.79 Å². The Hall–Kier alpha value is -2.18. The van der Waals surface area contributed by atoms with E-state index < -0.39 is 0 Å². The zero-order valence-corrected chi connectivity index (χ0v) is 15.6. The normalized spacial score (nSPS) is 16.0. The lowest BCUT2D eigenvalue weighted by atomic mass is 9.96. The van der Waals surface area contributed by atoms with Crippen molar-refractivity contribution in [2.24, 2.45) is 11.7 Å². The van der Waals surface area contributed by atoms with E-state index in [2.05, 4.69) is 15.2 Å². The van der Waals surface area contributed by atoms with Crippen LogP contribution >= 0.6 is 0 Å². The van der Waals surface area contributed by atoms with Crippen molar-refractivity contribution in [1.29, 1.82) is 0 Å². The maximum absolute atomic E-state index is 12.3. The minimum atomic E-state index is -0.0123. The highest BCUT2D eigenvalue weighted by atomic mass is 16.4. The van der Waals surface area contributed by atoms with E-state index in [0.717, 1.165) is 61.9 Å². The first kappa shape index (κ1) is 18.6. The molecule has 0 atom stereocenters. The van der Waals surface area contributed by atoms with Gasteiger partial charge in [0.2, 0.25) is 5.89 Å². The molecule has 3 rings (SSSR count). The Morgan fingerprint density at radius 3 is 2.54 bits per heavy atom. The van der Waals surface area contributed by atoms with Gasteiger partial charge in [-0.05, 0) is 63.4 Å². The fourth-order valence-corrected chi connectivity index (χ4v) is 3.28. The molecule has 6 heteroatoms. The lowest BCUT2D eigenvalue weighted by Gasteiger charge is -2.31. The summed E-state index contributed by atoms with van der Waals surface area (Å²) in [5.41, 5.74) is 8.28. The largest absolute Gasteiger partial charge is 0.444 e. The highest BCUT2D eigenvalue weighted by Gasteiger charge is 2.21. The zero-order chi connectivity index (χ0) is 18.5. The van der Waals surface area contributed by atoms with E-state index in [0.29, 0.717) is 18.0 Å². The maximum atomic E-state index is 12.3. The number of nitrogens with one attached hydrogen (secondary N) is 1. The predicted molar refractivity (Wildman–Crippen MR) is 101 cm³/mol. The van der Waals surface area contributed by atoms with Crippen LogP contribution < -0.4 is 11.1 Å². The Bertz CT molecular complexity index is 711. The average molecular weight is 356 g/mol. The molecular weight excluding hydrogens is 328 g/mol. The number of rotatable bonds is 6. The molecule has 26 heavy (non-hydrogen) atoms. The van der Waals surface area contributed by atoms with Gasteiger partial charge in [-0.15, -0.1) is 0 Å². The number of likely N-dealkylation sites (tertiary alicyclic amines) is 1. The van der Waals surface area contributed by atoms with Gasteiger partial charge in [-0.1, -0.05) is 12.1 Å². The topological polar surface area (TPSA) is 84.4 Å². The Morgan fingerprint density at radius 2 is 1.96 bits per heavy atom. The first-order valence-corrected chi connectivity index (χ1v) is 9.27. The van der Waals surface area contributed by atoms with Gasteiger partial charge in [0.15, 0.2) is 0 Å². The van der Waals surface area contributed by atoms with Crippen molar-refractivity contribution in [1.82, 2.24) is 15.2 Å². The molecule has 1 amide bonds. The molecule has 2 aromatic rings. The molecule has 6 nitrogen and oxygen atoms in total. The number of oxazole rings is 1. The lowest BCUT2D eigenvalue weighted by Crippen LogP contribution is -2.38. The Kier molecular flexibility index (Phi) is 6.06. The van der Waals surface area contributed by atoms with Crippen molar-refractivity contribution in [3.05, 3.63) is 52.7 Å². The first-order chi connectivity index (χ1) is 12.5. The number of carbonyl (C=O) groups excluding carboxylic acids is 1. The molecule has 0 radical (unpaired) electrons. The molecule has 0 spiro atoms. The molecule has 1 aromatic heterocycles. The molecule has 0 unspecified atom stereocenters. The summed E-state index contributed by atoms with van der Waals surface area (Å²) in [6, 6.07) is 7.47. The van der Waals surface area contributed by atoms with Crippen molar-refractivity contribution < 1.29 is 9.21 Å². The zero-order valence-electron chi connectivity index (χ0n) is 15.6. The molecule has 1 aliphatic rings. The summed E-state index contributed by atoms with van der Waals surface area (Å²) in [5.74, 6) is 2.21. The molecule has 1 saturated heterocycles. The summed E-state index contributed by atoms with van der Waals surface area (Å²) < 4.78 is 5.67. The number of aryl methyl sites for hydroxylation is 2. The summed E-state index contributed by atoms with van der Waals surface area (Å²) >= 11 is 0. The molecule has 0 saturated carbocycles. The minimum absolute atomic E-state index is 0.0123. The van der Waals surface area contributed by atoms with Crippen LogP contribution in [0.4, 0.5) is 0 Å². The molecule has 1 fully saturated rings. The molecule has 3 N–H and O–H groups in total. The summed E-state index contributed by atoms with van der Waals surface area (Å²) in [4.78, 5) is 19.1. The number of amides is 1. The van der Waals surface area contributed by atoms with E-state index in [1.165, 1.54) is 0 Å². The van der Waals surface area contributed by atoms with Crippen LogP contribution in [0.15, 0.2) is 28.7 Å². The van der Waals surface area contributed by atoms with Crippen molar-refractivity contribution in [3.63, 3.8) is 0 Å². The van der Waals surface area contributed by atoms with Gasteiger partial charge in [-0.3, -0.25) is 9.69 Å². The van der Waals surface area contributed by atoms with Crippen LogP contribution in [0.5, 0.6) is 0 Å².